The van der Waals surface area contributed by atoms with Crippen LogP contribution in [0.5, 0.6) is 0 Å². The van der Waals surface area contributed by atoms with Gasteiger partial charge in [-0.05, 0) is 12.8 Å². The zero-order valence-electron chi connectivity index (χ0n) is 9.12. The van der Waals surface area contributed by atoms with E-state index in [0.29, 0.717) is 6.42 Å². The van der Waals surface area contributed by atoms with Crippen LogP contribution in [0, 0.1) is 5.92 Å². The summed E-state index contributed by atoms with van der Waals surface area (Å²) in [5.41, 5.74) is 0. The maximum absolute atomic E-state index is 11.2. The molecule has 0 atom stereocenters. The van der Waals surface area contributed by atoms with Crippen molar-refractivity contribution >= 4 is 27.9 Å². The third-order valence-electron chi connectivity index (χ3n) is 2.10. The third-order valence-corrected chi connectivity index (χ3v) is 2.66. The van der Waals surface area contributed by atoms with E-state index in [1.165, 1.54) is 14.2 Å². The maximum Gasteiger partial charge on any atom is 0.320 e. The molecule has 4 nitrogen and oxygen atoms in total. The number of esters is 2. The lowest BCUT2D eigenvalue weighted by Gasteiger charge is -2.11. The van der Waals surface area contributed by atoms with Crippen LogP contribution in [0.3, 0.4) is 0 Å². The van der Waals surface area contributed by atoms with E-state index in [1.807, 2.05) is 0 Å². The van der Waals surface area contributed by atoms with Gasteiger partial charge in [0.1, 0.15) is 0 Å². The number of hydrogen-bond donors (Lipinski definition) is 0. The summed E-state index contributed by atoms with van der Waals surface area (Å²) in [5.74, 6) is -1.79. The van der Waals surface area contributed by atoms with Gasteiger partial charge < -0.3 is 9.47 Å². The van der Waals surface area contributed by atoms with E-state index in [0.717, 1.165) is 24.6 Å². The molecule has 0 fully saturated rings. The number of alkyl halides is 1. The number of hydrogen-bond acceptors (Lipinski definition) is 4. The Morgan fingerprint density at radius 1 is 1.07 bits per heavy atom. The molecular weight excluding hydrogens is 264 g/mol. The Morgan fingerprint density at radius 2 is 1.60 bits per heavy atom. The van der Waals surface area contributed by atoms with Crippen molar-refractivity contribution in [2.24, 2.45) is 5.92 Å². The maximum atomic E-state index is 11.2. The molecule has 0 aromatic rings. The molecule has 0 spiro atoms. The molecule has 0 radical (unpaired) electrons. The summed E-state index contributed by atoms with van der Waals surface area (Å²) in [6, 6.07) is 0. The molecule has 0 heterocycles. The first-order valence-corrected chi connectivity index (χ1v) is 6.01. The second kappa shape index (κ2) is 8.71. The minimum absolute atomic E-state index is 0.492. The number of unbranched alkanes of at least 4 members (excludes halogenated alkanes) is 2. The van der Waals surface area contributed by atoms with Gasteiger partial charge in [-0.25, -0.2) is 0 Å². The molecule has 5 heteroatoms. The largest absolute Gasteiger partial charge is 0.468 e. The average molecular weight is 281 g/mol. The van der Waals surface area contributed by atoms with Crippen LogP contribution in [0.25, 0.3) is 0 Å². The summed E-state index contributed by atoms with van der Waals surface area (Å²) < 4.78 is 9.09. The molecular formula is C10H17BrO4. The molecule has 0 rings (SSSR count). The molecule has 0 aromatic carbocycles. The monoisotopic (exact) mass is 280 g/mol. The first kappa shape index (κ1) is 14.4. The lowest BCUT2D eigenvalue weighted by Crippen LogP contribution is -2.26. The lowest BCUT2D eigenvalue weighted by molar-refractivity contribution is -0.159. The standard InChI is InChI=1S/C10H17BrO4/c1-14-9(12)8(10(13)15-2)6-4-3-5-7-11/h8H,3-7H2,1-2H3. The van der Waals surface area contributed by atoms with E-state index in [9.17, 15) is 9.59 Å². The number of carbonyl (C=O) groups is 2. The van der Waals surface area contributed by atoms with Gasteiger partial charge in [0.2, 0.25) is 0 Å². The number of carbonyl (C=O) groups excluding carboxylic acids is 2. The molecule has 0 aliphatic carbocycles. The Morgan fingerprint density at radius 3 is 2.00 bits per heavy atom. The molecule has 0 amide bonds. The zero-order valence-corrected chi connectivity index (χ0v) is 10.7. The SMILES string of the molecule is COC(=O)C(CCCCCBr)C(=O)OC. The zero-order chi connectivity index (χ0) is 11.7. The minimum atomic E-state index is -0.768. The third kappa shape index (κ3) is 5.77. The van der Waals surface area contributed by atoms with Crippen molar-refractivity contribution in [1.29, 1.82) is 0 Å². The Kier molecular flexibility index (Phi) is 8.37. The second-order valence-electron chi connectivity index (χ2n) is 3.14. The number of halogens is 1. The summed E-state index contributed by atoms with van der Waals surface area (Å²) in [5, 5.41) is 0.939. The van der Waals surface area contributed by atoms with E-state index in [1.54, 1.807) is 0 Å². The highest BCUT2D eigenvalue weighted by Crippen LogP contribution is 2.13. The molecule has 0 aromatic heterocycles. The van der Waals surface area contributed by atoms with Crippen molar-refractivity contribution in [2.45, 2.75) is 25.7 Å². The van der Waals surface area contributed by atoms with Crippen LogP contribution in [-0.4, -0.2) is 31.5 Å². The molecule has 0 unspecified atom stereocenters. The number of ether oxygens (including phenoxy) is 2. The van der Waals surface area contributed by atoms with Gasteiger partial charge in [-0.1, -0.05) is 28.8 Å². The minimum Gasteiger partial charge on any atom is -0.468 e. The molecule has 0 saturated heterocycles. The van der Waals surface area contributed by atoms with Gasteiger partial charge in [0.15, 0.2) is 5.92 Å². The van der Waals surface area contributed by atoms with Crippen LogP contribution in [0.4, 0.5) is 0 Å². The molecule has 0 aliphatic heterocycles. The lowest BCUT2D eigenvalue weighted by atomic mass is 10.0. The Labute approximate surface area is 98.4 Å². The van der Waals surface area contributed by atoms with Crippen molar-refractivity contribution in [3.8, 4) is 0 Å². The van der Waals surface area contributed by atoms with Crippen LogP contribution in [0.1, 0.15) is 25.7 Å². The van der Waals surface area contributed by atoms with Gasteiger partial charge >= 0.3 is 11.9 Å². The predicted molar refractivity (Wildman–Crippen MR) is 59.8 cm³/mol. The highest BCUT2D eigenvalue weighted by molar-refractivity contribution is 9.09. The van der Waals surface area contributed by atoms with Crippen LogP contribution in [0.2, 0.25) is 0 Å². The van der Waals surface area contributed by atoms with Crippen molar-refractivity contribution in [3.05, 3.63) is 0 Å². The van der Waals surface area contributed by atoms with Crippen molar-refractivity contribution < 1.29 is 19.1 Å². The van der Waals surface area contributed by atoms with Crippen molar-refractivity contribution in [3.63, 3.8) is 0 Å². The van der Waals surface area contributed by atoms with E-state index in [-0.39, 0.29) is 0 Å². The van der Waals surface area contributed by atoms with Gasteiger partial charge in [0, 0.05) is 5.33 Å². The van der Waals surface area contributed by atoms with E-state index in [4.69, 9.17) is 0 Å². The summed E-state index contributed by atoms with van der Waals surface area (Å²) in [4.78, 5) is 22.5. The molecule has 0 aliphatic rings. The highest BCUT2D eigenvalue weighted by Gasteiger charge is 2.27. The summed E-state index contributed by atoms with van der Waals surface area (Å²) in [6.07, 6.45) is 3.33. The van der Waals surface area contributed by atoms with Crippen molar-refractivity contribution in [1.82, 2.24) is 0 Å². The smallest absolute Gasteiger partial charge is 0.320 e. The van der Waals surface area contributed by atoms with Gasteiger partial charge in [-0.15, -0.1) is 0 Å². The molecule has 0 N–H and O–H groups in total. The Bertz CT molecular complexity index is 190. The van der Waals surface area contributed by atoms with Crippen LogP contribution >= 0.6 is 15.9 Å². The average Bonchev–Trinajstić information content (AvgIpc) is 2.27. The molecule has 88 valence electrons. The first-order valence-electron chi connectivity index (χ1n) is 4.89. The normalized spacial score (nSPS) is 10.1. The number of rotatable bonds is 7. The summed E-state index contributed by atoms with van der Waals surface area (Å²) >= 11 is 3.32. The van der Waals surface area contributed by atoms with Crippen LogP contribution in [0.15, 0.2) is 0 Å². The molecule has 0 bridgehead atoms. The first-order chi connectivity index (χ1) is 7.17. The van der Waals surface area contributed by atoms with Crippen LogP contribution in [-0.2, 0) is 19.1 Å². The van der Waals surface area contributed by atoms with E-state index in [2.05, 4.69) is 25.4 Å². The molecule has 15 heavy (non-hydrogen) atoms. The highest BCUT2D eigenvalue weighted by atomic mass is 79.9. The predicted octanol–water partition coefficient (Wildman–Crippen LogP) is 1.90. The van der Waals surface area contributed by atoms with Gasteiger partial charge in [-0.2, -0.15) is 0 Å². The van der Waals surface area contributed by atoms with Gasteiger partial charge in [-0.3, -0.25) is 9.59 Å². The fourth-order valence-electron chi connectivity index (χ4n) is 1.24. The summed E-state index contributed by atoms with van der Waals surface area (Å²) in [7, 11) is 2.55. The van der Waals surface area contributed by atoms with Crippen LogP contribution < -0.4 is 0 Å². The van der Waals surface area contributed by atoms with E-state index < -0.39 is 17.9 Å². The second-order valence-corrected chi connectivity index (χ2v) is 3.93. The summed E-state index contributed by atoms with van der Waals surface area (Å²) in [6.45, 7) is 0. The Balaban J connectivity index is 4.02. The quantitative estimate of drug-likeness (QED) is 0.309. The fraction of sp³-hybridized carbons (Fsp3) is 0.800. The fourth-order valence-corrected chi connectivity index (χ4v) is 1.63. The number of methoxy groups -OCH3 is 2. The van der Waals surface area contributed by atoms with Crippen molar-refractivity contribution in [2.75, 3.05) is 19.5 Å². The Hall–Kier alpha value is -0.580. The van der Waals surface area contributed by atoms with E-state index >= 15 is 0 Å². The van der Waals surface area contributed by atoms with Gasteiger partial charge in [0.05, 0.1) is 14.2 Å². The van der Waals surface area contributed by atoms with Gasteiger partial charge in [0.25, 0.3) is 0 Å². The topological polar surface area (TPSA) is 52.6 Å². The molecule has 0 saturated carbocycles.